The highest BCUT2D eigenvalue weighted by atomic mass is 19.1. The second-order valence-corrected chi connectivity index (χ2v) is 7.62. The average Bonchev–Trinajstić information content (AvgIpc) is 2.99. The zero-order chi connectivity index (χ0) is 18.6. The molecular formula is C20H29FN2O3. The number of aliphatic hydroxyl groups is 1. The van der Waals surface area contributed by atoms with Crippen LogP contribution in [-0.2, 0) is 16.0 Å². The number of methoxy groups -OCH3 is 1. The van der Waals surface area contributed by atoms with Crippen LogP contribution in [0, 0.1) is 17.2 Å². The fourth-order valence-corrected chi connectivity index (χ4v) is 4.47. The van der Waals surface area contributed by atoms with Gasteiger partial charge in [-0.15, -0.1) is 0 Å². The minimum atomic E-state index is -0.320. The number of ether oxygens (including phenoxy) is 1. The van der Waals surface area contributed by atoms with Crippen LogP contribution in [0.25, 0.3) is 0 Å². The Morgan fingerprint density at radius 3 is 2.73 bits per heavy atom. The van der Waals surface area contributed by atoms with Crippen LogP contribution in [0.2, 0.25) is 0 Å². The lowest BCUT2D eigenvalue weighted by atomic mass is 9.71. The molecule has 1 amide bonds. The second-order valence-electron chi connectivity index (χ2n) is 7.62. The van der Waals surface area contributed by atoms with Crippen LogP contribution in [0.1, 0.15) is 18.4 Å². The van der Waals surface area contributed by atoms with E-state index in [1.165, 1.54) is 6.07 Å². The molecule has 0 aliphatic carbocycles. The standard InChI is InChI=1S/C20H29FN2O3/c1-26-11-10-22-13-17(14-24)20(15-22)6-8-23(9-7-20)19(25)12-16-4-2-3-5-18(16)21/h2-5,17,24H,6-15H2,1H3. The lowest BCUT2D eigenvalue weighted by Gasteiger charge is -2.42. The maximum Gasteiger partial charge on any atom is 0.227 e. The molecule has 1 aromatic rings. The van der Waals surface area contributed by atoms with Gasteiger partial charge in [-0.25, -0.2) is 4.39 Å². The highest BCUT2D eigenvalue weighted by Gasteiger charge is 2.47. The van der Waals surface area contributed by atoms with E-state index < -0.39 is 0 Å². The molecule has 2 aliphatic heterocycles. The Morgan fingerprint density at radius 1 is 1.35 bits per heavy atom. The molecule has 0 bridgehead atoms. The predicted octanol–water partition coefficient (Wildman–Crippen LogP) is 1.55. The van der Waals surface area contributed by atoms with Crippen LogP contribution >= 0.6 is 0 Å². The van der Waals surface area contributed by atoms with Gasteiger partial charge in [0.2, 0.25) is 5.91 Å². The van der Waals surface area contributed by atoms with Gasteiger partial charge in [-0.1, -0.05) is 18.2 Å². The number of benzene rings is 1. The minimum Gasteiger partial charge on any atom is -0.396 e. The molecule has 1 aromatic carbocycles. The molecule has 1 unspecified atom stereocenters. The van der Waals surface area contributed by atoms with E-state index in [0.29, 0.717) is 25.3 Å². The fourth-order valence-electron chi connectivity index (χ4n) is 4.47. The maximum atomic E-state index is 13.8. The first-order valence-corrected chi connectivity index (χ1v) is 9.41. The van der Waals surface area contributed by atoms with E-state index in [4.69, 9.17) is 4.74 Å². The van der Waals surface area contributed by atoms with Crippen molar-refractivity contribution in [3.63, 3.8) is 0 Å². The third kappa shape index (κ3) is 4.08. The van der Waals surface area contributed by atoms with E-state index in [-0.39, 0.29) is 36.1 Å². The molecule has 2 aliphatic rings. The summed E-state index contributed by atoms with van der Waals surface area (Å²) < 4.78 is 19.0. The Hall–Kier alpha value is -1.50. The van der Waals surface area contributed by atoms with Crippen molar-refractivity contribution in [2.75, 3.05) is 53.0 Å². The molecule has 6 heteroatoms. The molecule has 3 rings (SSSR count). The highest BCUT2D eigenvalue weighted by molar-refractivity contribution is 5.79. The zero-order valence-corrected chi connectivity index (χ0v) is 15.5. The summed E-state index contributed by atoms with van der Waals surface area (Å²) in [6, 6.07) is 6.46. The quantitative estimate of drug-likeness (QED) is 0.832. The topological polar surface area (TPSA) is 53.0 Å². The Labute approximate surface area is 154 Å². The zero-order valence-electron chi connectivity index (χ0n) is 15.5. The number of aliphatic hydroxyl groups excluding tert-OH is 1. The van der Waals surface area contributed by atoms with Crippen LogP contribution in [0.4, 0.5) is 4.39 Å². The number of amides is 1. The van der Waals surface area contributed by atoms with Crippen molar-refractivity contribution in [3.05, 3.63) is 35.6 Å². The van der Waals surface area contributed by atoms with Crippen molar-refractivity contribution in [2.24, 2.45) is 11.3 Å². The molecule has 1 atom stereocenters. The number of likely N-dealkylation sites (tertiary alicyclic amines) is 2. The highest BCUT2D eigenvalue weighted by Crippen LogP contribution is 2.44. The van der Waals surface area contributed by atoms with Gasteiger partial charge in [0.05, 0.1) is 13.0 Å². The van der Waals surface area contributed by atoms with E-state index >= 15 is 0 Å². The number of carbonyl (C=O) groups is 1. The number of rotatable bonds is 6. The van der Waals surface area contributed by atoms with Crippen molar-refractivity contribution in [1.82, 2.24) is 9.80 Å². The first-order chi connectivity index (χ1) is 12.6. The van der Waals surface area contributed by atoms with E-state index in [0.717, 1.165) is 32.5 Å². The molecule has 26 heavy (non-hydrogen) atoms. The smallest absolute Gasteiger partial charge is 0.227 e. The second kappa shape index (κ2) is 8.46. The molecule has 2 heterocycles. The van der Waals surface area contributed by atoms with Crippen LogP contribution in [-0.4, -0.2) is 73.9 Å². The third-order valence-corrected chi connectivity index (χ3v) is 6.13. The van der Waals surface area contributed by atoms with Crippen molar-refractivity contribution in [3.8, 4) is 0 Å². The summed E-state index contributed by atoms with van der Waals surface area (Å²) in [5.74, 6) is -0.0813. The van der Waals surface area contributed by atoms with E-state index in [1.54, 1.807) is 25.3 Å². The van der Waals surface area contributed by atoms with Gasteiger partial charge in [0.1, 0.15) is 5.82 Å². The molecule has 1 spiro atoms. The number of halogens is 1. The summed E-state index contributed by atoms with van der Waals surface area (Å²) in [5, 5.41) is 9.85. The molecule has 2 fully saturated rings. The summed E-state index contributed by atoms with van der Waals surface area (Å²) in [4.78, 5) is 16.8. The Balaban J connectivity index is 1.57. The number of carbonyl (C=O) groups excluding carboxylic acids is 1. The van der Waals surface area contributed by atoms with Gasteiger partial charge in [0.25, 0.3) is 0 Å². The summed E-state index contributed by atoms with van der Waals surface area (Å²) in [6.45, 7) is 4.97. The van der Waals surface area contributed by atoms with E-state index in [2.05, 4.69) is 4.90 Å². The van der Waals surface area contributed by atoms with Gasteiger partial charge >= 0.3 is 0 Å². The van der Waals surface area contributed by atoms with Gasteiger partial charge < -0.3 is 19.6 Å². The van der Waals surface area contributed by atoms with Gasteiger partial charge in [-0.05, 0) is 29.9 Å². The Kier molecular flexibility index (Phi) is 6.27. The average molecular weight is 364 g/mol. The number of hydrogen-bond acceptors (Lipinski definition) is 4. The van der Waals surface area contributed by atoms with Crippen molar-refractivity contribution in [1.29, 1.82) is 0 Å². The number of nitrogens with zero attached hydrogens (tertiary/aromatic N) is 2. The SMILES string of the molecule is COCCN1CC(CO)C2(CCN(C(=O)Cc3ccccc3F)CC2)C1. The van der Waals surface area contributed by atoms with E-state index in [9.17, 15) is 14.3 Å². The largest absolute Gasteiger partial charge is 0.396 e. The molecule has 0 aromatic heterocycles. The monoisotopic (exact) mass is 364 g/mol. The number of piperidine rings is 1. The molecular weight excluding hydrogens is 335 g/mol. The van der Waals surface area contributed by atoms with Gasteiger partial charge in [-0.3, -0.25) is 4.79 Å². The van der Waals surface area contributed by atoms with Crippen LogP contribution < -0.4 is 0 Å². The van der Waals surface area contributed by atoms with Gasteiger partial charge in [0, 0.05) is 52.4 Å². The predicted molar refractivity (Wildman–Crippen MR) is 97.2 cm³/mol. The van der Waals surface area contributed by atoms with Crippen LogP contribution in [0.3, 0.4) is 0 Å². The fraction of sp³-hybridized carbons (Fsp3) is 0.650. The lowest BCUT2D eigenvalue weighted by Crippen LogP contribution is -2.47. The van der Waals surface area contributed by atoms with Crippen molar-refractivity contribution >= 4 is 5.91 Å². The molecule has 5 nitrogen and oxygen atoms in total. The molecule has 1 N–H and O–H groups in total. The first kappa shape index (κ1) is 19.3. The van der Waals surface area contributed by atoms with Gasteiger partial charge in [0.15, 0.2) is 0 Å². The number of hydrogen-bond donors (Lipinski definition) is 1. The molecule has 144 valence electrons. The third-order valence-electron chi connectivity index (χ3n) is 6.13. The summed E-state index contributed by atoms with van der Waals surface area (Å²) in [7, 11) is 1.70. The maximum absolute atomic E-state index is 13.8. The normalized spacial score (nSPS) is 22.9. The summed E-state index contributed by atoms with van der Waals surface area (Å²) in [5.41, 5.74) is 0.537. The lowest BCUT2D eigenvalue weighted by molar-refractivity contribution is -0.133. The molecule has 2 saturated heterocycles. The molecule has 0 saturated carbocycles. The van der Waals surface area contributed by atoms with Crippen LogP contribution in [0.15, 0.2) is 24.3 Å². The Morgan fingerprint density at radius 2 is 2.08 bits per heavy atom. The van der Waals surface area contributed by atoms with Crippen molar-refractivity contribution < 1.29 is 19.0 Å². The summed E-state index contributed by atoms with van der Waals surface area (Å²) >= 11 is 0. The molecule has 0 radical (unpaired) electrons. The first-order valence-electron chi connectivity index (χ1n) is 9.41. The minimum absolute atomic E-state index is 0.0141. The van der Waals surface area contributed by atoms with Crippen molar-refractivity contribution in [2.45, 2.75) is 19.3 Å². The van der Waals surface area contributed by atoms with Crippen LogP contribution in [0.5, 0.6) is 0 Å². The Bertz CT molecular complexity index is 617. The van der Waals surface area contributed by atoms with E-state index in [1.807, 2.05) is 4.90 Å². The summed E-state index contributed by atoms with van der Waals surface area (Å²) in [6.07, 6.45) is 1.90. The van der Waals surface area contributed by atoms with Gasteiger partial charge in [-0.2, -0.15) is 0 Å².